The molecule has 45 heavy (non-hydrogen) atoms. The number of esters is 1. The first-order valence-corrected chi connectivity index (χ1v) is 14.0. The van der Waals surface area contributed by atoms with Crippen molar-refractivity contribution in [2.24, 2.45) is 5.10 Å². The van der Waals surface area contributed by atoms with Crippen LogP contribution in [0.4, 0.5) is 11.4 Å². The average molecular weight is 601 g/mol. The predicted molar refractivity (Wildman–Crippen MR) is 172 cm³/mol. The second kappa shape index (κ2) is 14.3. The zero-order valence-corrected chi connectivity index (χ0v) is 24.2. The van der Waals surface area contributed by atoms with Gasteiger partial charge in [0, 0.05) is 11.3 Å². The maximum Gasteiger partial charge on any atom is 0.343 e. The zero-order chi connectivity index (χ0) is 31.6. The standard InChI is InChI=1S/C35H28N4O6/c1-2-44-26-19-17-25(18-20-26)37-32(40)28-14-8-9-15-30(28)38-33(41)34(42)39-36-22-29-27-13-7-6-10-23(27)16-21-31(29)45-35(43)24-11-4-3-5-12-24/h3-22H,2H2,1H3,(H,37,40)(H,38,41)(H,39,42)/b36-22-. The number of rotatable bonds is 9. The molecule has 5 aromatic carbocycles. The van der Waals surface area contributed by atoms with Gasteiger partial charge in [0.1, 0.15) is 11.5 Å². The Hall–Kier alpha value is -6.29. The van der Waals surface area contributed by atoms with Gasteiger partial charge in [-0.1, -0.05) is 60.7 Å². The second-order valence-corrected chi connectivity index (χ2v) is 9.56. The Morgan fingerprint density at radius 1 is 0.733 bits per heavy atom. The number of anilines is 2. The number of hydrazone groups is 1. The van der Waals surface area contributed by atoms with E-state index in [4.69, 9.17) is 9.47 Å². The Labute approximate surface area is 258 Å². The van der Waals surface area contributed by atoms with Crippen molar-refractivity contribution in [2.75, 3.05) is 17.2 Å². The maximum absolute atomic E-state index is 13.0. The topological polar surface area (TPSA) is 135 Å². The Morgan fingerprint density at radius 3 is 2.22 bits per heavy atom. The fourth-order valence-electron chi connectivity index (χ4n) is 4.41. The Morgan fingerprint density at radius 2 is 1.44 bits per heavy atom. The number of amides is 3. The summed E-state index contributed by atoms with van der Waals surface area (Å²) in [5.74, 6) is -2.27. The van der Waals surface area contributed by atoms with Crippen molar-refractivity contribution in [3.05, 3.63) is 132 Å². The Balaban J connectivity index is 1.27. The molecule has 224 valence electrons. The van der Waals surface area contributed by atoms with Crippen LogP contribution in [0.2, 0.25) is 0 Å². The molecule has 0 aliphatic rings. The van der Waals surface area contributed by atoms with Gasteiger partial charge in [-0.25, -0.2) is 10.2 Å². The van der Waals surface area contributed by atoms with Crippen LogP contribution in [0.15, 0.2) is 120 Å². The van der Waals surface area contributed by atoms with Crippen LogP contribution in [-0.4, -0.2) is 36.5 Å². The predicted octanol–water partition coefficient (Wildman–Crippen LogP) is 5.80. The molecule has 0 aromatic heterocycles. The maximum atomic E-state index is 13.0. The number of fused-ring (bicyclic) bond motifs is 1. The second-order valence-electron chi connectivity index (χ2n) is 9.56. The molecule has 0 atom stereocenters. The van der Waals surface area contributed by atoms with E-state index in [0.717, 1.165) is 5.39 Å². The third kappa shape index (κ3) is 7.57. The van der Waals surface area contributed by atoms with E-state index in [2.05, 4.69) is 21.2 Å². The third-order valence-corrected chi connectivity index (χ3v) is 6.55. The molecule has 0 saturated carbocycles. The number of carbonyl (C=O) groups is 4. The minimum absolute atomic E-state index is 0.134. The van der Waals surface area contributed by atoms with Crippen molar-refractivity contribution in [1.29, 1.82) is 0 Å². The Bertz CT molecular complexity index is 1890. The normalized spacial score (nSPS) is 10.7. The van der Waals surface area contributed by atoms with Crippen molar-refractivity contribution in [3.63, 3.8) is 0 Å². The molecule has 10 heteroatoms. The molecule has 0 spiro atoms. The molecule has 0 aliphatic heterocycles. The van der Waals surface area contributed by atoms with E-state index in [1.165, 1.54) is 18.3 Å². The van der Waals surface area contributed by atoms with Gasteiger partial charge in [-0.15, -0.1) is 0 Å². The zero-order valence-electron chi connectivity index (χ0n) is 24.2. The number of benzene rings is 5. The lowest BCUT2D eigenvalue weighted by Gasteiger charge is -2.12. The van der Waals surface area contributed by atoms with Gasteiger partial charge in [0.2, 0.25) is 0 Å². The lowest BCUT2D eigenvalue weighted by atomic mass is 10.0. The minimum Gasteiger partial charge on any atom is -0.494 e. The van der Waals surface area contributed by atoms with E-state index in [1.54, 1.807) is 78.9 Å². The molecule has 0 saturated heterocycles. The molecule has 0 unspecified atom stereocenters. The molecule has 0 fully saturated rings. The molecule has 3 N–H and O–H groups in total. The lowest BCUT2D eigenvalue weighted by Crippen LogP contribution is -2.33. The number of hydrogen-bond donors (Lipinski definition) is 3. The van der Waals surface area contributed by atoms with Crippen LogP contribution in [0.1, 0.15) is 33.2 Å². The fourth-order valence-corrected chi connectivity index (χ4v) is 4.41. The number of para-hydroxylation sites is 1. The highest BCUT2D eigenvalue weighted by Crippen LogP contribution is 2.27. The molecule has 0 aliphatic carbocycles. The largest absolute Gasteiger partial charge is 0.494 e. The van der Waals surface area contributed by atoms with Gasteiger partial charge >= 0.3 is 17.8 Å². The summed E-state index contributed by atoms with van der Waals surface area (Å²) in [5, 5.41) is 10.7. The van der Waals surface area contributed by atoms with Gasteiger partial charge in [0.15, 0.2) is 0 Å². The van der Waals surface area contributed by atoms with E-state index in [-0.39, 0.29) is 17.0 Å². The third-order valence-electron chi connectivity index (χ3n) is 6.55. The van der Waals surface area contributed by atoms with E-state index in [1.807, 2.05) is 31.2 Å². The summed E-state index contributed by atoms with van der Waals surface area (Å²) in [7, 11) is 0. The van der Waals surface area contributed by atoms with Crippen LogP contribution in [0, 0.1) is 0 Å². The smallest absolute Gasteiger partial charge is 0.343 e. The molecule has 3 amide bonds. The van der Waals surface area contributed by atoms with Crippen LogP contribution in [0.5, 0.6) is 11.5 Å². The van der Waals surface area contributed by atoms with Crippen molar-refractivity contribution < 1.29 is 28.7 Å². The molecule has 5 rings (SSSR count). The van der Waals surface area contributed by atoms with Crippen molar-refractivity contribution >= 4 is 52.1 Å². The number of ether oxygens (including phenoxy) is 2. The van der Waals surface area contributed by atoms with Crippen molar-refractivity contribution in [3.8, 4) is 11.5 Å². The van der Waals surface area contributed by atoms with Crippen LogP contribution >= 0.6 is 0 Å². The number of nitrogens with zero attached hydrogens (tertiary/aromatic N) is 1. The summed E-state index contributed by atoms with van der Waals surface area (Å²) < 4.78 is 11.1. The highest BCUT2D eigenvalue weighted by molar-refractivity contribution is 6.40. The number of nitrogens with one attached hydrogen (secondary N) is 3. The van der Waals surface area contributed by atoms with Gasteiger partial charge in [-0.05, 0) is 72.3 Å². The summed E-state index contributed by atoms with van der Waals surface area (Å²) in [6.45, 7) is 2.40. The molecular weight excluding hydrogens is 572 g/mol. The SMILES string of the molecule is CCOc1ccc(NC(=O)c2ccccc2NC(=O)C(=O)N/N=C\c2c(OC(=O)c3ccccc3)ccc3ccccc23)cc1. The van der Waals surface area contributed by atoms with Crippen molar-refractivity contribution in [2.45, 2.75) is 6.92 Å². The summed E-state index contributed by atoms with van der Waals surface area (Å²) in [6.07, 6.45) is 1.30. The highest BCUT2D eigenvalue weighted by Gasteiger charge is 2.18. The van der Waals surface area contributed by atoms with Gasteiger partial charge in [-0.3, -0.25) is 14.4 Å². The fraction of sp³-hybridized carbons (Fsp3) is 0.0571. The van der Waals surface area contributed by atoms with Crippen LogP contribution in [0.3, 0.4) is 0 Å². The van der Waals surface area contributed by atoms with Crippen molar-refractivity contribution in [1.82, 2.24) is 5.43 Å². The summed E-state index contributed by atoms with van der Waals surface area (Å²) in [5.41, 5.74) is 3.80. The van der Waals surface area contributed by atoms with Gasteiger partial charge in [-0.2, -0.15) is 5.10 Å². The summed E-state index contributed by atoms with van der Waals surface area (Å²) in [4.78, 5) is 51.1. The quantitative estimate of drug-likeness (QED) is 0.0644. The molecule has 0 heterocycles. The van der Waals surface area contributed by atoms with Gasteiger partial charge in [0.25, 0.3) is 5.91 Å². The molecular formula is C35H28N4O6. The van der Waals surface area contributed by atoms with Gasteiger partial charge in [0.05, 0.1) is 29.6 Å². The molecule has 10 nitrogen and oxygen atoms in total. The first-order valence-electron chi connectivity index (χ1n) is 14.0. The number of hydrogen-bond acceptors (Lipinski definition) is 7. The van der Waals surface area contributed by atoms with E-state index in [9.17, 15) is 19.2 Å². The summed E-state index contributed by atoms with van der Waals surface area (Å²) >= 11 is 0. The molecule has 5 aromatic rings. The molecule has 0 radical (unpaired) electrons. The van der Waals surface area contributed by atoms with E-state index < -0.39 is 23.7 Å². The van der Waals surface area contributed by atoms with Crippen LogP contribution < -0.4 is 25.5 Å². The highest BCUT2D eigenvalue weighted by atomic mass is 16.5. The average Bonchev–Trinajstić information content (AvgIpc) is 3.07. The van der Waals surface area contributed by atoms with Crippen LogP contribution in [-0.2, 0) is 9.59 Å². The summed E-state index contributed by atoms with van der Waals surface area (Å²) in [6, 6.07) is 32.5. The van der Waals surface area contributed by atoms with E-state index >= 15 is 0 Å². The minimum atomic E-state index is -1.07. The first-order chi connectivity index (χ1) is 21.9. The molecule has 0 bridgehead atoms. The lowest BCUT2D eigenvalue weighted by molar-refractivity contribution is -0.136. The Kier molecular flexibility index (Phi) is 9.56. The first kappa shape index (κ1) is 30.2. The van der Waals surface area contributed by atoms with Gasteiger partial charge < -0.3 is 20.1 Å². The van der Waals surface area contributed by atoms with Crippen LogP contribution in [0.25, 0.3) is 10.8 Å². The number of carbonyl (C=O) groups excluding carboxylic acids is 4. The van der Waals surface area contributed by atoms with E-state index in [0.29, 0.717) is 34.6 Å². The monoisotopic (exact) mass is 600 g/mol.